The van der Waals surface area contributed by atoms with E-state index in [1.54, 1.807) is 11.3 Å². The molecule has 0 amide bonds. The van der Waals surface area contributed by atoms with Crippen molar-refractivity contribution in [2.75, 3.05) is 5.73 Å². The fraction of sp³-hybridized carbons (Fsp3) is 0.167. The first-order valence-corrected chi connectivity index (χ1v) is 7.36. The molecule has 0 spiro atoms. The van der Waals surface area contributed by atoms with Crippen molar-refractivity contribution in [3.05, 3.63) is 38.0 Å². The van der Waals surface area contributed by atoms with E-state index in [0.29, 0.717) is 0 Å². The highest BCUT2D eigenvalue weighted by atomic mass is 127. The van der Waals surface area contributed by atoms with E-state index >= 15 is 0 Å². The number of nitrogen functional groups attached to an aromatic ring is 1. The van der Waals surface area contributed by atoms with Gasteiger partial charge in [-0.15, -0.1) is 11.3 Å². The average Bonchev–Trinajstić information content (AvgIpc) is 2.86. The lowest BCUT2D eigenvalue weighted by Gasteiger charge is -2.01. The van der Waals surface area contributed by atoms with Gasteiger partial charge in [0.05, 0.1) is 22.5 Å². The zero-order valence-corrected chi connectivity index (χ0v) is 12.7. The number of anilines is 1. The van der Waals surface area contributed by atoms with E-state index < -0.39 is 0 Å². The molecule has 2 N–H and O–H groups in total. The maximum Gasteiger partial charge on any atom is 0.133 e. The molecule has 0 unspecified atom stereocenters. The summed E-state index contributed by atoms with van der Waals surface area (Å²) in [6.45, 7) is 2.76. The molecule has 0 fully saturated rings. The molecule has 0 aliphatic carbocycles. The van der Waals surface area contributed by atoms with E-state index in [0.717, 1.165) is 31.8 Å². The van der Waals surface area contributed by atoms with Crippen molar-refractivity contribution in [1.29, 1.82) is 0 Å². The van der Waals surface area contributed by atoms with Crippen LogP contribution >= 0.6 is 33.9 Å². The Morgan fingerprint density at radius 1 is 1.44 bits per heavy atom. The molecular formula is C12H11IN4S. The Morgan fingerprint density at radius 2 is 2.28 bits per heavy atom. The second-order valence-electron chi connectivity index (χ2n) is 4.04. The standard InChI is InChI=1S/C12H11IN4S/c1-7-15-5-8(18-7)6-17-10-4-2-3-9(14)11(10)12(13)16-17/h2-5H,6,14H2,1H3. The van der Waals surface area contributed by atoms with Gasteiger partial charge >= 0.3 is 0 Å². The first-order valence-electron chi connectivity index (χ1n) is 5.47. The summed E-state index contributed by atoms with van der Waals surface area (Å²) in [5.41, 5.74) is 7.86. The lowest BCUT2D eigenvalue weighted by atomic mass is 10.2. The Morgan fingerprint density at radius 3 is 3.00 bits per heavy atom. The van der Waals surface area contributed by atoms with Crippen LogP contribution in [-0.2, 0) is 6.54 Å². The van der Waals surface area contributed by atoms with Crippen molar-refractivity contribution >= 4 is 50.5 Å². The zero-order chi connectivity index (χ0) is 12.7. The molecule has 92 valence electrons. The number of aryl methyl sites for hydroxylation is 1. The number of fused-ring (bicyclic) bond motifs is 1. The minimum atomic E-state index is 0.745. The molecule has 2 heterocycles. The number of rotatable bonds is 2. The van der Waals surface area contributed by atoms with E-state index in [-0.39, 0.29) is 0 Å². The van der Waals surface area contributed by atoms with Crippen LogP contribution in [0.4, 0.5) is 5.69 Å². The first kappa shape index (κ1) is 11.9. The molecule has 2 aromatic heterocycles. The first-order chi connectivity index (χ1) is 8.65. The summed E-state index contributed by atoms with van der Waals surface area (Å²) in [7, 11) is 0. The molecule has 0 saturated carbocycles. The lowest BCUT2D eigenvalue weighted by Crippen LogP contribution is -2.00. The Bertz CT molecular complexity index is 716. The fourth-order valence-corrected chi connectivity index (χ4v) is 3.58. The van der Waals surface area contributed by atoms with Crippen molar-refractivity contribution in [1.82, 2.24) is 14.8 Å². The zero-order valence-electron chi connectivity index (χ0n) is 9.72. The summed E-state index contributed by atoms with van der Waals surface area (Å²) in [6.07, 6.45) is 1.91. The summed E-state index contributed by atoms with van der Waals surface area (Å²) in [5, 5.41) is 6.68. The number of aromatic nitrogens is 3. The van der Waals surface area contributed by atoms with Gasteiger partial charge in [0.25, 0.3) is 0 Å². The van der Waals surface area contributed by atoms with Crippen LogP contribution in [0.2, 0.25) is 0 Å². The highest BCUT2D eigenvalue weighted by molar-refractivity contribution is 14.1. The third-order valence-corrected chi connectivity index (χ3v) is 4.39. The Labute approximate surface area is 122 Å². The largest absolute Gasteiger partial charge is 0.398 e. The molecule has 18 heavy (non-hydrogen) atoms. The van der Waals surface area contributed by atoms with Crippen molar-refractivity contribution < 1.29 is 0 Å². The van der Waals surface area contributed by atoms with Gasteiger partial charge in [0.15, 0.2) is 0 Å². The number of halogens is 1. The monoisotopic (exact) mass is 370 g/mol. The summed E-state index contributed by atoms with van der Waals surface area (Å²) >= 11 is 3.93. The van der Waals surface area contributed by atoms with Crippen LogP contribution in [0.3, 0.4) is 0 Å². The van der Waals surface area contributed by atoms with Crippen LogP contribution in [0.1, 0.15) is 9.88 Å². The lowest BCUT2D eigenvalue weighted by molar-refractivity contribution is 0.712. The quantitative estimate of drug-likeness (QED) is 0.557. The van der Waals surface area contributed by atoms with Gasteiger partial charge in [-0.1, -0.05) is 6.07 Å². The number of hydrogen-bond donors (Lipinski definition) is 1. The van der Waals surface area contributed by atoms with Gasteiger partial charge in [0.1, 0.15) is 3.70 Å². The third kappa shape index (κ3) is 1.99. The maximum atomic E-state index is 6.00. The van der Waals surface area contributed by atoms with E-state index in [1.165, 1.54) is 4.88 Å². The van der Waals surface area contributed by atoms with Gasteiger partial charge in [-0.05, 0) is 41.6 Å². The second-order valence-corrected chi connectivity index (χ2v) is 6.38. The Kier molecular flexibility index (Phi) is 2.98. The van der Waals surface area contributed by atoms with Gasteiger partial charge in [-0.25, -0.2) is 4.98 Å². The smallest absolute Gasteiger partial charge is 0.133 e. The Balaban J connectivity index is 2.10. The Hall–Kier alpha value is -1.15. The van der Waals surface area contributed by atoms with Crippen LogP contribution in [0.5, 0.6) is 0 Å². The van der Waals surface area contributed by atoms with Crippen LogP contribution in [0.15, 0.2) is 24.4 Å². The predicted molar refractivity (Wildman–Crippen MR) is 82.8 cm³/mol. The molecule has 0 saturated heterocycles. The molecule has 0 bridgehead atoms. The maximum absolute atomic E-state index is 6.00. The van der Waals surface area contributed by atoms with Crippen LogP contribution in [0, 0.1) is 10.6 Å². The van der Waals surface area contributed by atoms with Gasteiger partial charge in [0, 0.05) is 16.8 Å². The molecule has 4 nitrogen and oxygen atoms in total. The highest BCUT2D eigenvalue weighted by Crippen LogP contribution is 2.27. The summed E-state index contributed by atoms with van der Waals surface area (Å²) in [4.78, 5) is 5.47. The molecule has 0 atom stereocenters. The number of thiazole rings is 1. The topological polar surface area (TPSA) is 56.7 Å². The summed E-state index contributed by atoms with van der Waals surface area (Å²) < 4.78 is 2.93. The van der Waals surface area contributed by atoms with Crippen molar-refractivity contribution in [2.45, 2.75) is 13.5 Å². The minimum Gasteiger partial charge on any atom is -0.398 e. The normalized spacial score (nSPS) is 11.2. The van der Waals surface area contributed by atoms with Gasteiger partial charge < -0.3 is 5.73 Å². The summed E-state index contributed by atoms with van der Waals surface area (Å²) in [6, 6.07) is 5.92. The van der Waals surface area contributed by atoms with Crippen LogP contribution in [0.25, 0.3) is 10.9 Å². The average molecular weight is 370 g/mol. The molecule has 1 aromatic carbocycles. The number of nitrogens with two attached hydrogens (primary N) is 1. The molecule has 0 aliphatic heterocycles. The highest BCUT2D eigenvalue weighted by Gasteiger charge is 2.11. The minimum absolute atomic E-state index is 0.745. The number of nitrogens with zero attached hydrogens (tertiary/aromatic N) is 3. The van der Waals surface area contributed by atoms with E-state index in [1.807, 2.05) is 29.9 Å². The molecule has 3 aromatic rings. The third-order valence-electron chi connectivity index (χ3n) is 2.74. The van der Waals surface area contributed by atoms with Gasteiger partial charge in [0.2, 0.25) is 0 Å². The van der Waals surface area contributed by atoms with Gasteiger partial charge in [-0.2, -0.15) is 5.10 Å². The van der Waals surface area contributed by atoms with E-state index in [9.17, 15) is 0 Å². The molecule has 0 radical (unpaired) electrons. The van der Waals surface area contributed by atoms with Crippen LogP contribution in [-0.4, -0.2) is 14.8 Å². The molecule has 0 aliphatic rings. The van der Waals surface area contributed by atoms with Crippen molar-refractivity contribution in [3.63, 3.8) is 0 Å². The number of hydrogen-bond acceptors (Lipinski definition) is 4. The number of benzene rings is 1. The molecular weight excluding hydrogens is 359 g/mol. The van der Waals surface area contributed by atoms with Crippen molar-refractivity contribution in [2.24, 2.45) is 0 Å². The predicted octanol–water partition coefficient (Wildman–Crippen LogP) is 3.04. The van der Waals surface area contributed by atoms with Crippen LogP contribution < -0.4 is 5.73 Å². The fourth-order valence-electron chi connectivity index (χ4n) is 1.95. The molecule has 3 rings (SSSR count). The van der Waals surface area contributed by atoms with Crippen molar-refractivity contribution in [3.8, 4) is 0 Å². The van der Waals surface area contributed by atoms with Gasteiger partial charge in [-0.3, -0.25) is 4.68 Å². The SMILES string of the molecule is Cc1ncc(Cn2nc(I)c3c(N)cccc32)s1. The second kappa shape index (κ2) is 4.51. The van der Waals surface area contributed by atoms with E-state index in [2.05, 4.69) is 38.7 Å². The van der Waals surface area contributed by atoms with E-state index in [4.69, 9.17) is 5.73 Å². The molecule has 6 heteroatoms. The summed E-state index contributed by atoms with van der Waals surface area (Å²) in [5.74, 6) is 0.